The molecule has 0 radical (unpaired) electrons. The average Bonchev–Trinajstić information content (AvgIpc) is 3.44. The fraction of sp³-hybridized carbons (Fsp3) is 0.158. The Kier molecular flexibility index (Phi) is 6.00. The Bertz CT molecular complexity index is 1150. The molecule has 9 nitrogen and oxygen atoms in total. The molecule has 4 rings (SSSR count). The molecule has 3 aromatic heterocycles. The van der Waals surface area contributed by atoms with Gasteiger partial charge in [0.1, 0.15) is 10.8 Å². The first-order valence-electron chi connectivity index (χ1n) is 9.01. The van der Waals surface area contributed by atoms with E-state index in [4.69, 9.17) is 4.42 Å². The number of aromatic nitrogens is 4. The highest BCUT2D eigenvalue weighted by Crippen LogP contribution is 2.32. The van der Waals surface area contributed by atoms with Gasteiger partial charge in [0.2, 0.25) is 5.13 Å². The highest BCUT2D eigenvalue weighted by Gasteiger charge is 2.12. The van der Waals surface area contributed by atoms with Crippen molar-refractivity contribution in [3.05, 3.63) is 70.3 Å². The third-order valence-electron chi connectivity index (χ3n) is 4.05. The molecule has 0 unspecified atom stereocenters. The molecule has 0 bridgehead atoms. The summed E-state index contributed by atoms with van der Waals surface area (Å²) in [6.07, 6.45) is 2.36. The summed E-state index contributed by atoms with van der Waals surface area (Å²) in [4.78, 5) is 19.6. The number of anilines is 1. The van der Waals surface area contributed by atoms with E-state index in [1.165, 1.54) is 35.2 Å². The summed E-state index contributed by atoms with van der Waals surface area (Å²) in [5, 5.41) is 23.8. The summed E-state index contributed by atoms with van der Waals surface area (Å²) in [5.41, 5.74) is 1.63. The zero-order chi connectivity index (χ0) is 20.9. The maximum atomic E-state index is 10.9. The van der Waals surface area contributed by atoms with Crippen LogP contribution in [0.5, 0.6) is 0 Å². The molecule has 0 saturated heterocycles. The third-order valence-corrected chi connectivity index (χ3v) is 5.90. The Hall–Kier alpha value is -3.31. The summed E-state index contributed by atoms with van der Waals surface area (Å²) in [6.45, 7) is 2.54. The van der Waals surface area contributed by atoms with Crippen molar-refractivity contribution in [2.24, 2.45) is 0 Å². The zero-order valence-electron chi connectivity index (χ0n) is 15.8. The van der Waals surface area contributed by atoms with Crippen molar-refractivity contribution in [2.75, 3.05) is 5.32 Å². The lowest BCUT2D eigenvalue weighted by Gasteiger charge is -2.06. The van der Waals surface area contributed by atoms with E-state index in [2.05, 4.69) is 25.5 Å². The normalized spacial score (nSPS) is 10.8. The fourth-order valence-corrected chi connectivity index (χ4v) is 4.28. The van der Waals surface area contributed by atoms with Gasteiger partial charge in [0, 0.05) is 23.4 Å². The Morgan fingerprint density at radius 1 is 1.20 bits per heavy atom. The topological polar surface area (TPSA) is 120 Å². The van der Waals surface area contributed by atoms with E-state index in [0.29, 0.717) is 17.5 Å². The van der Waals surface area contributed by atoms with E-state index in [1.807, 2.05) is 25.1 Å². The molecular weight excluding hydrogens is 424 g/mol. The molecule has 152 valence electrons. The van der Waals surface area contributed by atoms with Crippen LogP contribution in [0.1, 0.15) is 18.4 Å². The highest BCUT2D eigenvalue weighted by molar-refractivity contribution is 8.01. The lowest BCUT2D eigenvalue weighted by Crippen LogP contribution is -1.97. The Morgan fingerprint density at radius 2 is 2.03 bits per heavy atom. The van der Waals surface area contributed by atoms with Crippen molar-refractivity contribution in [1.82, 2.24) is 20.2 Å². The molecule has 3 heterocycles. The van der Waals surface area contributed by atoms with Gasteiger partial charge in [-0.25, -0.2) is 9.97 Å². The van der Waals surface area contributed by atoms with Crippen LogP contribution in [-0.2, 0) is 13.0 Å². The van der Waals surface area contributed by atoms with Crippen molar-refractivity contribution < 1.29 is 9.34 Å². The van der Waals surface area contributed by atoms with Crippen LogP contribution >= 0.6 is 23.1 Å². The molecular formula is C19H16N6O3S2. The SMILES string of the molecule is CCc1cc(Sc2nnc(NCc3ccco3)s2)nc(-c2ccc([N+](=O)[O-])cc2)n1. The predicted molar refractivity (Wildman–Crippen MR) is 114 cm³/mol. The Morgan fingerprint density at radius 3 is 2.73 bits per heavy atom. The third kappa shape index (κ3) is 4.81. The number of nitrogens with zero attached hydrogens (tertiary/aromatic N) is 5. The van der Waals surface area contributed by atoms with Crippen molar-refractivity contribution in [2.45, 2.75) is 29.3 Å². The molecule has 1 aromatic carbocycles. The van der Waals surface area contributed by atoms with Gasteiger partial charge in [-0.2, -0.15) is 0 Å². The maximum Gasteiger partial charge on any atom is 0.269 e. The van der Waals surface area contributed by atoms with E-state index in [1.54, 1.807) is 18.4 Å². The average molecular weight is 441 g/mol. The smallest absolute Gasteiger partial charge is 0.269 e. The molecule has 0 saturated carbocycles. The van der Waals surface area contributed by atoms with Crippen LogP contribution < -0.4 is 5.32 Å². The van der Waals surface area contributed by atoms with Crippen LogP contribution in [0.25, 0.3) is 11.4 Å². The fourth-order valence-electron chi connectivity index (χ4n) is 2.55. The number of hydrogen-bond acceptors (Lipinski definition) is 10. The molecule has 0 aliphatic heterocycles. The summed E-state index contributed by atoms with van der Waals surface area (Å²) in [5.74, 6) is 1.34. The van der Waals surface area contributed by atoms with Crippen molar-refractivity contribution >= 4 is 33.9 Å². The molecule has 1 N–H and O–H groups in total. The van der Waals surface area contributed by atoms with Gasteiger partial charge in [-0.05, 0) is 48.5 Å². The van der Waals surface area contributed by atoms with Gasteiger partial charge in [0.05, 0.1) is 17.7 Å². The number of benzene rings is 1. The molecule has 0 spiro atoms. The summed E-state index contributed by atoms with van der Waals surface area (Å²) < 4.78 is 6.04. The van der Waals surface area contributed by atoms with Crippen molar-refractivity contribution in [3.8, 4) is 11.4 Å². The van der Waals surface area contributed by atoms with Gasteiger partial charge < -0.3 is 9.73 Å². The number of furan rings is 1. The molecule has 4 aromatic rings. The predicted octanol–water partition coefficient (Wildman–Crippen LogP) is 4.82. The summed E-state index contributed by atoms with van der Waals surface area (Å²) in [7, 11) is 0. The monoisotopic (exact) mass is 440 g/mol. The van der Waals surface area contributed by atoms with Crippen LogP contribution in [-0.4, -0.2) is 25.1 Å². The second kappa shape index (κ2) is 9.01. The van der Waals surface area contributed by atoms with Gasteiger partial charge in [-0.1, -0.05) is 18.3 Å². The second-order valence-corrected chi connectivity index (χ2v) is 8.33. The molecule has 0 atom stereocenters. The minimum atomic E-state index is -0.429. The summed E-state index contributed by atoms with van der Waals surface area (Å²) in [6, 6.07) is 11.8. The van der Waals surface area contributed by atoms with Crippen molar-refractivity contribution in [1.29, 1.82) is 0 Å². The van der Waals surface area contributed by atoms with Gasteiger partial charge in [-0.15, -0.1) is 10.2 Å². The molecule has 30 heavy (non-hydrogen) atoms. The number of nitrogens with one attached hydrogen (secondary N) is 1. The number of nitro groups is 1. The minimum Gasteiger partial charge on any atom is -0.467 e. The molecule has 0 amide bonds. The van der Waals surface area contributed by atoms with Crippen LogP contribution in [0.4, 0.5) is 10.8 Å². The van der Waals surface area contributed by atoms with Gasteiger partial charge >= 0.3 is 0 Å². The highest BCUT2D eigenvalue weighted by atomic mass is 32.2. The lowest BCUT2D eigenvalue weighted by atomic mass is 10.2. The van der Waals surface area contributed by atoms with E-state index < -0.39 is 4.92 Å². The maximum absolute atomic E-state index is 10.9. The van der Waals surface area contributed by atoms with E-state index in [-0.39, 0.29) is 5.69 Å². The van der Waals surface area contributed by atoms with Crippen LogP contribution in [0.2, 0.25) is 0 Å². The van der Waals surface area contributed by atoms with Crippen LogP contribution in [0.3, 0.4) is 0 Å². The molecule has 11 heteroatoms. The molecule has 0 fully saturated rings. The number of non-ortho nitro benzene ring substituents is 1. The Balaban J connectivity index is 1.51. The number of rotatable bonds is 8. The first-order chi connectivity index (χ1) is 14.6. The quantitative estimate of drug-likeness (QED) is 0.233. The second-order valence-electron chi connectivity index (χ2n) is 6.09. The standard InChI is InChI=1S/C19H16N6O3S2/c1-2-13-10-16(22-17(21-13)12-5-7-14(8-6-12)25(26)27)29-19-24-23-18(30-19)20-11-15-4-3-9-28-15/h3-10H,2,11H2,1H3,(H,20,23). The zero-order valence-corrected chi connectivity index (χ0v) is 17.4. The lowest BCUT2D eigenvalue weighted by molar-refractivity contribution is -0.384. The Labute approximate surface area is 179 Å². The number of aryl methyl sites for hydroxylation is 1. The first-order valence-corrected chi connectivity index (χ1v) is 10.6. The van der Waals surface area contributed by atoms with Gasteiger partial charge in [0.25, 0.3) is 5.69 Å². The van der Waals surface area contributed by atoms with E-state index >= 15 is 0 Å². The number of nitro benzene ring substituents is 1. The van der Waals surface area contributed by atoms with E-state index in [0.717, 1.165) is 32.8 Å². The summed E-state index contributed by atoms with van der Waals surface area (Å²) >= 11 is 2.82. The molecule has 0 aliphatic rings. The largest absolute Gasteiger partial charge is 0.467 e. The molecule has 0 aliphatic carbocycles. The number of hydrogen-bond donors (Lipinski definition) is 1. The van der Waals surface area contributed by atoms with Gasteiger partial charge in [0.15, 0.2) is 10.2 Å². The van der Waals surface area contributed by atoms with Crippen molar-refractivity contribution in [3.63, 3.8) is 0 Å². The minimum absolute atomic E-state index is 0.0310. The van der Waals surface area contributed by atoms with E-state index in [9.17, 15) is 10.1 Å². The van der Waals surface area contributed by atoms with Crippen LogP contribution in [0, 0.1) is 10.1 Å². The first kappa shape index (κ1) is 20.0. The van der Waals surface area contributed by atoms with Gasteiger partial charge in [-0.3, -0.25) is 10.1 Å². The van der Waals surface area contributed by atoms with Crippen LogP contribution in [0.15, 0.2) is 62.5 Å².